The molecule has 1 amide bonds. The lowest BCUT2D eigenvalue weighted by Crippen LogP contribution is -2.58. The second-order valence-corrected chi connectivity index (χ2v) is 5.10. The highest BCUT2D eigenvalue weighted by Crippen LogP contribution is 2.20. The molecule has 0 bridgehead atoms. The molecule has 1 atom stereocenters. The van der Waals surface area contributed by atoms with E-state index >= 15 is 0 Å². The van der Waals surface area contributed by atoms with Crippen molar-refractivity contribution in [3.05, 3.63) is 0 Å². The van der Waals surface area contributed by atoms with Crippen LogP contribution in [0.4, 0.5) is 0 Å². The average Bonchev–Trinajstić information content (AvgIpc) is 2.00. The fraction of sp³-hybridized carbons (Fsp3) is 0.909. The van der Waals surface area contributed by atoms with Crippen molar-refractivity contribution in [2.24, 2.45) is 5.73 Å². The first-order chi connectivity index (χ1) is 6.60. The van der Waals surface area contributed by atoms with E-state index in [1.54, 1.807) is 27.7 Å². The number of nitrogens with one attached hydrogen (secondary N) is 1. The van der Waals surface area contributed by atoms with Crippen LogP contribution in [0, 0.1) is 0 Å². The van der Waals surface area contributed by atoms with Gasteiger partial charge in [0.2, 0.25) is 5.91 Å². The molecule has 4 N–H and O–H groups in total. The van der Waals surface area contributed by atoms with Crippen LogP contribution in [0.3, 0.4) is 0 Å². The SMILES string of the molecule is CCC(N)CC(=O)NC(C)(C)C(C)(C)O. The number of nitrogens with two attached hydrogens (primary N) is 1. The van der Waals surface area contributed by atoms with Crippen LogP contribution in [0.2, 0.25) is 0 Å². The Balaban J connectivity index is 4.29. The zero-order valence-corrected chi connectivity index (χ0v) is 10.4. The standard InChI is InChI=1S/C11H24N2O2/c1-6-8(12)7-9(14)13-10(2,3)11(4,5)15/h8,15H,6-7,12H2,1-5H3,(H,13,14). The maximum Gasteiger partial charge on any atom is 0.222 e. The number of carbonyl (C=O) groups excluding carboxylic acids is 1. The van der Waals surface area contributed by atoms with Crippen molar-refractivity contribution in [2.45, 2.75) is 64.6 Å². The minimum atomic E-state index is -0.959. The van der Waals surface area contributed by atoms with E-state index in [1.807, 2.05) is 6.92 Å². The summed E-state index contributed by atoms with van der Waals surface area (Å²) in [7, 11) is 0. The predicted octanol–water partition coefficient (Wildman–Crippen LogP) is 0.779. The average molecular weight is 216 g/mol. The largest absolute Gasteiger partial charge is 0.388 e. The zero-order valence-electron chi connectivity index (χ0n) is 10.4. The minimum absolute atomic E-state index is 0.109. The number of hydrogen-bond donors (Lipinski definition) is 3. The van der Waals surface area contributed by atoms with E-state index in [0.717, 1.165) is 6.42 Å². The van der Waals surface area contributed by atoms with Gasteiger partial charge < -0.3 is 16.2 Å². The topological polar surface area (TPSA) is 75.4 Å². The highest BCUT2D eigenvalue weighted by atomic mass is 16.3. The van der Waals surface area contributed by atoms with E-state index in [0.29, 0.717) is 6.42 Å². The molecule has 4 heteroatoms. The van der Waals surface area contributed by atoms with Gasteiger partial charge >= 0.3 is 0 Å². The third-order valence-electron chi connectivity index (χ3n) is 2.95. The smallest absolute Gasteiger partial charge is 0.222 e. The number of rotatable bonds is 5. The van der Waals surface area contributed by atoms with Crippen LogP contribution in [-0.4, -0.2) is 28.2 Å². The molecule has 90 valence electrons. The maximum atomic E-state index is 11.6. The predicted molar refractivity (Wildman–Crippen MR) is 61.4 cm³/mol. The lowest BCUT2D eigenvalue weighted by atomic mass is 9.86. The third kappa shape index (κ3) is 4.62. The van der Waals surface area contributed by atoms with Gasteiger partial charge in [-0.2, -0.15) is 0 Å². The monoisotopic (exact) mass is 216 g/mol. The van der Waals surface area contributed by atoms with E-state index < -0.39 is 11.1 Å². The summed E-state index contributed by atoms with van der Waals surface area (Å²) in [5.74, 6) is -0.114. The fourth-order valence-electron chi connectivity index (χ4n) is 0.935. The summed E-state index contributed by atoms with van der Waals surface area (Å²) in [5, 5.41) is 12.6. The van der Waals surface area contributed by atoms with Gasteiger partial charge in [-0.25, -0.2) is 0 Å². The first-order valence-corrected chi connectivity index (χ1v) is 5.39. The maximum absolute atomic E-state index is 11.6. The van der Waals surface area contributed by atoms with Crippen LogP contribution in [0.15, 0.2) is 0 Å². The summed E-state index contributed by atoms with van der Waals surface area (Å²) in [5.41, 5.74) is 4.06. The molecule has 0 saturated heterocycles. The Kier molecular flexibility index (Phi) is 4.74. The molecule has 15 heavy (non-hydrogen) atoms. The molecule has 0 aliphatic carbocycles. The van der Waals surface area contributed by atoms with Crippen LogP contribution < -0.4 is 11.1 Å². The van der Waals surface area contributed by atoms with Gasteiger partial charge in [0.15, 0.2) is 0 Å². The Morgan fingerprint density at radius 3 is 2.20 bits per heavy atom. The molecule has 0 aliphatic heterocycles. The number of hydrogen-bond acceptors (Lipinski definition) is 3. The summed E-state index contributed by atoms with van der Waals surface area (Å²) < 4.78 is 0. The van der Waals surface area contributed by atoms with Gasteiger partial charge in [0.25, 0.3) is 0 Å². The van der Waals surface area contributed by atoms with Gasteiger partial charge in [-0.1, -0.05) is 6.92 Å². The number of carbonyl (C=O) groups is 1. The van der Waals surface area contributed by atoms with Crippen molar-refractivity contribution in [3.8, 4) is 0 Å². The molecule has 4 nitrogen and oxygen atoms in total. The number of aliphatic hydroxyl groups is 1. The Morgan fingerprint density at radius 1 is 1.40 bits per heavy atom. The van der Waals surface area contributed by atoms with Crippen molar-refractivity contribution in [2.75, 3.05) is 0 Å². The normalized spacial score (nSPS) is 14.9. The van der Waals surface area contributed by atoms with Gasteiger partial charge in [-0.15, -0.1) is 0 Å². The summed E-state index contributed by atoms with van der Waals surface area (Å²) in [6.07, 6.45) is 1.08. The molecular formula is C11H24N2O2. The molecule has 0 aromatic rings. The molecule has 0 rings (SSSR count). The van der Waals surface area contributed by atoms with Crippen molar-refractivity contribution < 1.29 is 9.90 Å². The van der Waals surface area contributed by atoms with Gasteiger partial charge in [0.05, 0.1) is 11.1 Å². The molecular weight excluding hydrogens is 192 g/mol. The van der Waals surface area contributed by atoms with E-state index in [2.05, 4.69) is 5.32 Å². The van der Waals surface area contributed by atoms with Crippen LogP contribution in [-0.2, 0) is 4.79 Å². The molecule has 0 radical (unpaired) electrons. The Bertz CT molecular complexity index is 219. The third-order valence-corrected chi connectivity index (χ3v) is 2.95. The fourth-order valence-corrected chi connectivity index (χ4v) is 0.935. The summed E-state index contributed by atoms with van der Waals surface area (Å²) in [4.78, 5) is 11.6. The lowest BCUT2D eigenvalue weighted by molar-refractivity contribution is -0.126. The van der Waals surface area contributed by atoms with E-state index in [4.69, 9.17) is 5.73 Å². The van der Waals surface area contributed by atoms with Gasteiger partial charge in [-0.05, 0) is 34.1 Å². The second-order valence-electron chi connectivity index (χ2n) is 5.10. The Labute approximate surface area is 92.2 Å². The molecule has 0 aliphatic rings. The summed E-state index contributed by atoms with van der Waals surface area (Å²) >= 11 is 0. The van der Waals surface area contributed by atoms with E-state index in [-0.39, 0.29) is 11.9 Å². The first kappa shape index (κ1) is 14.4. The van der Waals surface area contributed by atoms with Gasteiger partial charge in [0.1, 0.15) is 0 Å². The Morgan fingerprint density at radius 2 is 1.87 bits per heavy atom. The molecule has 0 saturated carbocycles. The van der Waals surface area contributed by atoms with Crippen LogP contribution in [0.5, 0.6) is 0 Å². The quantitative estimate of drug-likeness (QED) is 0.635. The van der Waals surface area contributed by atoms with Crippen LogP contribution in [0.1, 0.15) is 47.5 Å². The Hall–Kier alpha value is -0.610. The van der Waals surface area contributed by atoms with Crippen molar-refractivity contribution in [1.82, 2.24) is 5.32 Å². The molecule has 0 aromatic heterocycles. The van der Waals surface area contributed by atoms with Crippen LogP contribution >= 0.6 is 0 Å². The lowest BCUT2D eigenvalue weighted by Gasteiger charge is -2.38. The second kappa shape index (κ2) is 4.94. The van der Waals surface area contributed by atoms with E-state index in [1.165, 1.54) is 0 Å². The van der Waals surface area contributed by atoms with Gasteiger partial charge in [0, 0.05) is 12.5 Å². The van der Waals surface area contributed by atoms with Crippen molar-refractivity contribution in [3.63, 3.8) is 0 Å². The molecule has 0 heterocycles. The van der Waals surface area contributed by atoms with Crippen molar-refractivity contribution >= 4 is 5.91 Å². The molecule has 0 spiro atoms. The van der Waals surface area contributed by atoms with Gasteiger partial charge in [-0.3, -0.25) is 4.79 Å². The van der Waals surface area contributed by atoms with Crippen molar-refractivity contribution in [1.29, 1.82) is 0 Å². The van der Waals surface area contributed by atoms with Crippen LogP contribution in [0.25, 0.3) is 0 Å². The molecule has 0 aromatic carbocycles. The highest BCUT2D eigenvalue weighted by Gasteiger charge is 2.36. The van der Waals surface area contributed by atoms with E-state index in [9.17, 15) is 9.90 Å². The summed E-state index contributed by atoms with van der Waals surface area (Å²) in [6, 6.07) is -0.109. The molecule has 1 unspecified atom stereocenters. The zero-order chi connectivity index (χ0) is 12.3. The first-order valence-electron chi connectivity index (χ1n) is 5.39. The summed E-state index contributed by atoms with van der Waals surface area (Å²) in [6.45, 7) is 8.88. The minimum Gasteiger partial charge on any atom is -0.388 e. The number of amides is 1. The molecule has 0 fully saturated rings. The highest BCUT2D eigenvalue weighted by molar-refractivity contribution is 5.77.